The van der Waals surface area contributed by atoms with E-state index in [1.54, 1.807) is 11.3 Å². The van der Waals surface area contributed by atoms with Crippen LogP contribution in [0.25, 0.3) is 0 Å². The number of fused-ring (bicyclic) bond motifs is 2. The van der Waals surface area contributed by atoms with Gasteiger partial charge in [-0.1, -0.05) is 6.92 Å². The summed E-state index contributed by atoms with van der Waals surface area (Å²) in [4.78, 5) is 8.89. The Hall–Kier alpha value is -0.410. The minimum absolute atomic E-state index is 0. The van der Waals surface area contributed by atoms with E-state index in [0.717, 1.165) is 31.8 Å². The van der Waals surface area contributed by atoms with Gasteiger partial charge in [0.1, 0.15) is 0 Å². The Kier molecular flexibility index (Phi) is 6.88. The summed E-state index contributed by atoms with van der Waals surface area (Å²) >= 11 is 1.75. The van der Waals surface area contributed by atoms with Crippen LogP contribution in [0, 0.1) is 0 Å². The quantitative estimate of drug-likeness (QED) is 0.423. The molecule has 2 N–H and O–H groups in total. The molecule has 0 saturated carbocycles. The summed E-state index contributed by atoms with van der Waals surface area (Å²) < 4.78 is 5.87. The second kappa shape index (κ2) is 8.44. The van der Waals surface area contributed by atoms with Crippen molar-refractivity contribution in [3.63, 3.8) is 0 Å². The predicted molar refractivity (Wildman–Crippen MR) is 101 cm³/mol. The summed E-state index contributed by atoms with van der Waals surface area (Å²) in [6, 6.07) is 0.418. The molecule has 22 heavy (non-hydrogen) atoms. The van der Waals surface area contributed by atoms with Gasteiger partial charge in [-0.25, -0.2) is 4.98 Å². The van der Waals surface area contributed by atoms with Crippen molar-refractivity contribution in [1.82, 2.24) is 15.6 Å². The van der Waals surface area contributed by atoms with Gasteiger partial charge in [0, 0.05) is 25.4 Å². The molecule has 2 aliphatic rings. The molecule has 5 nitrogen and oxygen atoms in total. The molecule has 0 aromatic carbocycles. The Morgan fingerprint density at radius 1 is 1.50 bits per heavy atom. The topological polar surface area (TPSA) is 58.5 Å². The SMILES string of the molecule is CCc1nc(CCNC(=NC)NC2CC3CCC2O3)cs1.I. The number of hydrogen-bond donors (Lipinski definition) is 2. The fourth-order valence-corrected chi connectivity index (χ4v) is 3.87. The highest BCUT2D eigenvalue weighted by atomic mass is 127. The van der Waals surface area contributed by atoms with E-state index < -0.39 is 0 Å². The van der Waals surface area contributed by atoms with Gasteiger partial charge in [0.05, 0.1) is 29.0 Å². The van der Waals surface area contributed by atoms with Crippen molar-refractivity contribution in [3.05, 3.63) is 16.1 Å². The van der Waals surface area contributed by atoms with Crippen molar-refractivity contribution in [2.45, 2.75) is 57.3 Å². The molecule has 3 heterocycles. The van der Waals surface area contributed by atoms with Gasteiger partial charge in [0.25, 0.3) is 0 Å². The van der Waals surface area contributed by atoms with Gasteiger partial charge in [0.2, 0.25) is 0 Å². The molecule has 2 saturated heterocycles. The van der Waals surface area contributed by atoms with E-state index >= 15 is 0 Å². The van der Waals surface area contributed by atoms with Gasteiger partial charge in [-0.3, -0.25) is 4.99 Å². The van der Waals surface area contributed by atoms with Crippen molar-refractivity contribution < 1.29 is 4.74 Å². The molecule has 3 rings (SSSR count). The zero-order valence-electron chi connectivity index (χ0n) is 13.2. The molecule has 124 valence electrons. The maximum Gasteiger partial charge on any atom is 0.191 e. The van der Waals surface area contributed by atoms with Gasteiger partial charge in [-0.15, -0.1) is 35.3 Å². The Morgan fingerprint density at radius 3 is 2.95 bits per heavy atom. The van der Waals surface area contributed by atoms with Gasteiger partial charge < -0.3 is 15.4 Å². The van der Waals surface area contributed by atoms with Crippen LogP contribution in [0.5, 0.6) is 0 Å². The van der Waals surface area contributed by atoms with Crippen LogP contribution < -0.4 is 10.6 Å². The van der Waals surface area contributed by atoms with Crippen LogP contribution in [0.4, 0.5) is 0 Å². The highest BCUT2D eigenvalue weighted by Gasteiger charge is 2.41. The van der Waals surface area contributed by atoms with E-state index in [4.69, 9.17) is 4.74 Å². The zero-order valence-corrected chi connectivity index (χ0v) is 16.3. The molecule has 3 unspecified atom stereocenters. The van der Waals surface area contributed by atoms with Crippen LogP contribution in [-0.4, -0.2) is 42.8 Å². The molecular formula is C15H25IN4OS. The van der Waals surface area contributed by atoms with Crippen LogP contribution in [0.15, 0.2) is 10.4 Å². The molecule has 0 spiro atoms. The van der Waals surface area contributed by atoms with E-state index in [1.807, 2.05) is 7.05 Å². The predicted octanol–water partition coefficient (Wildman–Crippen LogP) is 2.35. The number of guanidine groups is 1. The number of aromatic nitrogens is 1. The maximum atomic E-state index is 5.87. The fourth-order valence-electron chi connectivity index (χ4n) is 3.10. The molecule has 2 fully saturated rings. The number of thiazole rings is 1. The monoisotopic (exact) mass is 436 g/mol. The Morgan fingerprint density at radius 2 is 2.36 bits per heavy atom. The first kappa shape index (κ1) is 17.9. The standard InChI is InChI=1S/C15H24N4OS.HI/c1-3-14-18-10(9-21-14)6-7-17-15(16-2)19-12-8-11-4-5-13(12)20-11;/h9,11-13H,3-8H2,1-2H3,(H2,16,17,19);1H. The number of rotatable bonds is 5. The number of ether oxygens (including phenoxy) is 1. The minimum Gasteiger partial charge on any atom is -0.373 e. The first-order valence-electron chi connectivity index (χ1n) is 7.84. The number of nitrogens with one attached hydrogen (secondary N) is 2. The zero-order chi connectivity index (χ0) is 14.7. The van der Waals surface area contributed by atoms with Crippen molar-refractivity contribution >= 4 is 41.3 Å². The maximum absolute atomic E-state index is 5.87. The number of aliphatic imine (C=N–C) groups is 1. The lowest BCUT2D eigenvalue weighted by atomic mass is 9.96. The summed E-state index contributed by atoms with van der Waals surface area (Å²) in [7, 11) is 1.82. The largest absolute Gasteiger partial charge is 0.373 e. The fraction of sp³-hybridized carbons (Fsp3) is 0.733. The molecule has 0 aliphatic carbocycles. The van der Waals surface area contributed by atoms with E-state index in [1.165, 1.54) is 23.5 Å². The van der Waals surface area contributed by atoms with Crippen LogP contribution in [0.2, 0.25) is 0 Å². The average molecular weight is 436 g/mol. The lowest BCUT2D eigenvalue weighted by Gasteiger charge is -2.22. The summed E-state index contributed by atoms with van der Waals surface area (Å²) in [5, 5.41) is 10.2. The third-order valence-electron chi connectivity index (χ3n) is 4.23. The van der Waals surface area contributed by atoms with E-state index in [0.29, 0.717) is 18.2 Å². The Labute approximate surface area is 153 Å². The summed E-state index contributed by atoms with van der Waals surface area (Å²) in [5.74, 6) is 0.877. The van der Waals surface area contributed by atoms with Gasteiger partial charge >= 0.3 is 0 Å². The van der Waals surface area contributed by atoms with Crippen molar-refractivity contribution in [2.24, 2.45) is 4.99 Å². The van der Waals surface area contributed by atoms with Gasteiger partial charge in [-0.2, -0.15) is 0 Å². The van der Waals surface area contributed by atoms with Crippen molar-refractivity contribution in [1.29, 1.82) is 0 Å². The highest BCUT2D eigenvalue weighted by Crippen LogP contribution is 2.34. The molecule has 7 heteroatoms. The molecule has 2 aliphatic heterocycles. The van der Waals surface area contributed by atoms with Crippen LogP contribution in [-0.2, 0) is 17.6 Å². The second-order valence-electron chi connectivity index (χ2n) is 5.70. The third-order valence-corrected chi connectivity index (χ3v) is 5.27. The summed E-state index contributed by atoms with van der Waals surface area (Å²) in [6.45, 7) is 3.00. The number of halogens is 1. The van der Waals surface area contributed by atoms with Crippen molar-refractivity contribution in [3.8, 4) is 0 Å². The van der Waals surface area contributed by atoms with E-state index in [-0.39, 0.29) is 24.0 Å². The van der Waals surface area contributed by atoms with Crippen molar-refractivity contribution in [2.75, 3.05) is 13.6 Å². The molecule has 2 bridgehead atoms. The third kappa shape index (κ3) is 4.32. The molecule has 1 aromatic heterocycles. The van der Waals surface area contributed by atoms with Gasteiger partial charge in [-0.05, 0) is 25.7 Å². The Balaban J connectivity index is 0.00000176. The van der Waals surface area contributed by atoms with E-state index in [9.17, 15) is 0 Å². The average Bonchev–Trinajstić information content (AvgIpc) is 3.22. The number of hydrogen-bond acceptors (Lipinski definition) is 4. The lowest BCUT2D eigenvalue weighted by Crippen LogP contribution is -2.47. The van der Waals surface area contributed by atoms with Crippen LogP contribution in [0.3, 0.4) is 0 Å². The second-order valence-corrected chi connectivity index (χ2v) is 6.64. The number of nitrogens with zero attached hydrogens (tertiary/aromatic N) is 2. The molecule has 3 atom stereocenters. The first-order chi connectivity index (χ1) is 10.3. The molecule has 0 radical (unpaired) electrons. The molecule has 1 aromatic rings. The number of aryl methyl sites for hydroxylation is 1. The lowest BCUT2D eigenvalue weighted by molar-refractivity contribution is 0.0992. The highest BCUT2D eigenvalue weighted by molar-refractivity contribution is 14.0. The van der Waals surface area contributed by atoms with Gasteiger partial charge in [0.15, 0.2) is 5.96 Å². The van der Waals surface area contributed by atoms with Crippen LogP contribution in [0.1, 0.15) is 36.9 Å². The van der Waals surface area contributed by atoms with E-state index in [2.05, 4.69) is 32.9 Å². The summed E-state index contributed by atoms with van der Waals surface area (Å²) in [6.07, 6.45) is 6.30. The smallest absolute Gasteiger partial charge is 0.191 e. The normalized spacial score (nSPS) is 26.8. The molecule has 0 amide bonds. The summed E-state index contributed by atoms with van der Waals surface area (Å²) in [5.41, 5.74) is 1.17. The van der Waals surface area contributed by atoms with Crippen LogP contribution >= 0.6 is 35.3 Å². The molecular weight excluding hydrogens is 411 g/mol. The Bertz CT molecular complexity index is 507. The minimum atomic E-state index is 0. The first-order valence-corrected chi connectivity index (χ1v) is 8.72.